The molecule has 0 aromatic heterocycles. The van der Waals surface area contributed by atoms with E-state index in [1.54, 1.807) is 31.2 Å². The summed E-state index contributed by atoms with van der Waals surface area (Å²) in [6.45, 7) is 1.57. The molecule has 0 spiro atoms. The predicted octanol–water partition coefficient (Wildman–Crippen LogP) is 1.77. The van der Waals surface area contributed by atoms with E-state index in [-0.39, 0.29) is 0 Å². The van der Waals surface area contributed by atoms with Gasteiger partial charge in [0.05, 0.1) is 0 Å². The number of aliphatic carboxylic acids is 2. The largest absolute Gasteiger partial charge is 0.481 e. The van der Waals surface area contributed by atoms with Crippen LogP contribution in [-0.4, -0.2) is 22.2 Å². The minimum absolute atomic E-state index is 0.544. The molecule has 2 rings (SSSR count). The fourth-order valence-electron chi connectivity index (χ4n) is 2.13. The van der Waals surface area contributed by atoms with Crippen LogP contribution in [0.4, 0.5) is 0 Å². The number of carboxylic acid groups (broad SMARTS) is 2. The van der Waals surface area contributed by atoms with Crippen LogP contribution in [-0.2, 0) is 15.0 Å². The van der Waals surface area contributed by atoms with Gasteiger partial charge in [0.2, 0.25) is 0 Å². The summed E-state index contributed by atoms with van der Waals surface area (Å²) in [6, 6.07) is 6.77. The van der Waals surface area contributed by atoms with Crippen LogP contribution in [0, 0.1) is 0 Å². The van der Waals surface area contributed by atoms with Crippen molar-refractivity contribution in [2.24, 2.45) is 0 Å². The van der Waals surface area contributed by atoms with Gasteiger partial charge in [-0.2, -0.15) is 0 Å². The Morgan fingerprint density at radius 2 is 1.88 bits per heavy atom. The summed E-state index contributed by atoms with van der Waals surface area (Å²) in [5.41, 5.74) is -0.0578. The Hall–Kier alpha value is -2.10. The van der Waals surface area contributed by atoms with E-state index < -0.39 is 23.3 Å². The quantitative estimate of drug-likeness (QED) is 0.762. The van der Waals surface area contributed by atoms with Gasteiger partial charge in [-0.15, -0.1) is 0 Å². The Morgan fingerprint density at radius 1 is 1.24 bits per heavy atom. The summed E-state index contributed by atoms with van der Waals surface area (Å²) in [6.07, 6.45) is 2.90. The maximum Gasteiger partial charge on any atom is 0.317 e. The highest BCUT2D eigenvalue weighted by Gasteiger charge is 2.39. The van der Waals surface area contributed by atoms with Crippen LogP contribution in [0.15, 0.2) is 36.4 Å². The number of hydrogen-bond acceptors (Lipinski definition) is 2. The van der Waals surface area contributed by atoms with E-state index in [1.807, 2.05) is 0 Å². The van der Waals surface area contributed by atoms with Crippen molar-refractivity contribution in [1.29, 1.82) is 0 Å². The van der Waals surface area contributed by atoms with E-state index in [4.69, 9.17) is 5.11 Å². The summed E-state index contributed by atoms with van der Waals surface area (Å²) in [5.74, 6) is -2.72. The maximum absolute atomic E-state index is 11.3. The van der Waals surface area contributed by atoms with Crippen LogP contribution in [0.25, 0.3) is 0 Å². The van der Waals surface area contributed by atoms with Crippen LogP contribution < -0.4 is 0 Å². The Morgan fingerprint density at radius 3 is 2.47 bits per heavy atom. The standard InChI is InChI=1S/C13H12O4/c1-13(12(16)17)7-6-9(11(14)15)8-4-2-3-5-10(8)13/h2-7,9H,1H3,(H,14,15)(H,16,17)/t9-,13+/m1/s1. The number of carbonyl (C=O) groups is 2. The molecule has 0 bridgehead atoms. The Kier molecular flexibility index (Phi) is 2.50. The third-order valence-corrected chi connectivity index (χ3v) is 3.19. The van der Waals surface area contributed by atoms with Gasteiger partial charge in [0, 0.05) is 0 Å². The first kappa shape index (κ1) is 11.4. The molecule has 1 aliphatic carbocycles. The third kappa shape index (κ3) is 1.62. The third-order valence-electron chi connectivity index (χ3n) is 3.19. The van der Waals surface area contributed by atoms with Gasteiger partial charge in [-0.3, -0.25) is 9.59 Å². The minimum atomic E-state index is -1.15. The summed E-state index contributed by atoms with van der Waals surface area (Å²) in [4.78, 5) is 22.4. The Balaban J connectivity index is 2.65. The lowest BCUT2D eigenvalue weighted by Gasteiger charge is -2.30. The summed E-state index contributed by atoms with van der Waals surface area (Å²) >= 11 is 0. The number of fused-ring (bicyclic) bond motifs is 1. The van der Waals surface area contributed by atoms with Gasteiger partial charge < -0.3 is 10.2 Å². The van der Waals surface area contributed by atoms with Crippen LogP contribution in [0.3, 0.4) is 0 Å². The molecule has 0 fully saturated rings. The Bertz CT molecular complexity index is 518. The highest BCUT2D eigenvalue weighted by Crippen LogP contribution is 2.38. The molecule has 2 atom stereocenters. The monoisotopic (exact) mass is 232 g/mol. The SMILES string of the molecule is C[C@]1(C(=O)O)C=C[C@@H](C(=O)O)c2ccccc21. The minimum Gasteiger partial charge on any atom is -0.481 e. The molecule has 17 heavy (non-hydrogen) atoms. The van der Waals surface area contributed by atoms with Gasteiger partial charge in [-0.25, -0.2) is 0 Å². The molecule has 0 saturated heterocycles. The number of rotatable bonds is 2. The van der Waals surface area contributed by atoms with Crippen LogP contribution >= 0.6 is 0 Å². The van der Waals surface area contributed by atoms with Crippen LogP contribution in [0.1, 0.15) is 24.0 Å². The molecule has 0 radical (unpaired) electrons. The summed E-state index contributed by atoms with van der Waals surface area (Å²) < 4.78 is 0. The molecule has 1 aromatic carbocycles. The lowest BCUT2D eigenvalue weighted by molar-refractivity contribution is -0.142. The van der Waals surface area contributed by atoms with E-state index in [1.165, 1.54) is 12.2 Å². The molecule has 0 amide bonds. The van der Waals surface area contributed by atoms with E-state index in [0.717, 1.165) is 0 Å². The zero-order valence-electron chi connectivity index (χ0n) is 9.25. The number of benzene rings is 1. The van der Waals surface area contributed by atoms with Gasteiger partial charge in [-0.1, -0.05) is 36.4 Å². The van der Waals surface area contributed by atoms with Gasteiger partial charge in [-0.05, 0) is 18.1 Å². The average molecular weight is 232 g/mol. The van der Waals surface area contributed by atoms with Crippen molar-refractivity contribution in [1.82, 2.24) is 0 Å². The number of hydrogen-bond donors (Lipinski definition) is 2. The molecule has 1 aliphatic rings. The van der Waals surface area contributed by atoms with Crippen molar-refractivity contribution in [3.63, 3.8) is 0 Å². The first-order valence-electron chi connectivity index (χ1n) is 5.22. The van der Waals surface area contributed by atoms with Gasteiger partial charge in [0.25, 0.3) is 0 Å². The smallest absolute Gasteiger partial charge is 0.317 e. The van der Waals surface area contributed by atoms with Crippen molar-refractivity contribution < 1.29 is 19.8 Å². The molecular formula is C13H12O4. The zero-order chi connectivity index (χ0) is 12.6. The molecule has 88 valence electrons. The molecule has 0 heterocycles. The maximum atomic E-state index is 11.3. The Labute approximate surface area is 98.2 Å². The molecular weight excluding hydrogens is 220 g/mol. The van der Waals surface area contributed by atoms with E-state index >= 15 is 0 Å². The zero-order valence-corrected chi connectivity index (χ0v) is 9.25. The lowest BCUT2D eigenvalue weighted by atomic mass is 9.72. The van der Waals surface area contributed by atoms with E-state index in [0.29, 0.717) is 11.1 Å². The van der Waals surface area contributed by atoms with Crippen molar-refractivity contribution in [2.75, 3.05) is 0 Å². The molecule has 0 aliphatic heterocycles. The van der Waals surface area contributed by atoms with E-state index in [9.17, 15) is 14.7 Å². The fourth-order valence-corrected chi connectivity index (χ4v) is 2.13. The second-order valence-corrected chi connectivity index (χ2v) is 4.27. The molecule has 2 N–H and O–H groups in total. The summed E-state index contributed by atoms with van der Waals surface area (Å²) in [7, 11) is 0. The first-order chi connectivity index (χ1) is 7.97. The van der Waals surface area contributed by atoms with Crippen LogP contribution in [0.5, 0.6) is 0 Å². The normalized spacial score (nSPS) is 26.3. The second-order valence-electron chi connectivity index (χ2n) is 4.27. The molecule has 4 nitrogen and oxygen atoms in total. The number of carboxylic acids is 2. The van der Waals surface area contributed by atoms with Crippen molar-refractivity contribution >= 4 is 11.9 Å². The second kappa shape index (κ2) is 3.73. The highest BCUT2D eigenvalue weighted by atomic mass is 16.4. The van der Waals surface area contributed by atoms with E-state index in [2.05, 4.69) is 0 Å². The van der Waals surface area contributed by atoms with Gasteiger partial charge in [0.15, 0.2) is 0 Å². The lowest BCUT2D eigenvalue weighted by Crippen LogP contribution is -2.35. The fraction of sp³-hybridized carbons (Fsp3) is 0.231. The van der Waals surface area contributed by atoms with Crippen molar-refractivity contribution in [3.8, 4) is 0 Å². The first-order valence-corrected chi connectivity index (χ1v) is 5.22. The van der Waals surface area contributed by atoms with Gasteiger partial charge in [0.1, 0.15) is 11.3 Å². The molecule has 4 heteroatoms. The van der Waals surface area contributed by atoms with Crippen molar-refractivity contribution in [2.45, 2.75) is 18.3 Å². The predicted molar refractivity (Wildman–Crippen MR) is 60.9 cm³/mol. The van der Waals surface area contributed by atoms with Crippen molar-refractivity contribution in [3.05, 3.63) is 47.5 Å². The molecule has 0 unspecified atom stereocenters. The molecule has 0 saturated carbocycles. The highest BCUT2D eigenvalue weighted by molar-refractivity contribution is 5.88. The summed E-state index contributed by atoms with van der Waals surface area (Å²) in [5, 5.41) is 18.4. The molecule has 1 aromatic rings. The van der Waals surface area contributed by atoms with Crippen LogP contribution in [0.2, 0.25) is 0 Å². The average Bonchev–Trinajstić information content (AvgIpc) is 2.29. The van der Waals surface area contributed by atoms with Gasteiger partial charge >= 0.3 is 11.9 Å². The topological polar surface area (TPSA) is 74.6 Å².